The molecule has 0 saturated carbocycles. The van der Waals surface area contributed by atoms with Gasteiger partial charge in [-0.05, 0) is 52.4 Å². The van der Waals surface area contributed by atoms with E-state index in [1.807, 2.05) is 0 Å². The summed E-state index contributed by atoms with van der Waals surface area (Å²) in [5, 5.41) is 17.0. The van der Waals surface area contributed by atoms with Gasteiger partial charge in [0.25, 0.3) is 0 Å². The fraction of sp³-hybridized carbons (Fsp3) is 0.625. The third kappa shape index (κ3) is 5.19. The molecule has 0 aromatic rings. The molecule has 2 aliphatic carbocycles. The summed E-state index contributed by atoms with van der Waals surface area (Å²) in [6.07, 6.45) is 10.7. The summed E-state index contributed by atoms with van der Waals surface area (Å²) in [6.45, 7) is 4.23. The van der Waals surface area contributed by atoms with E-state index in [2.05, 4.69) is 38.1 Å². The lowest BCUT2D eigenvalue weighted by Gasteiger charge is -2.12. The van der Waals surface area contributed by atoms with Crippen LogP contribution in [0.5, 0.6) is 0 Å². The van der Waals surface area contributed by atoms with Gasteiger partial charge in [0, 0.05) is 0 Å². The zero-order chi connectivity index (χ0) is 13.4. The summed E-state index contributed by atoms with van der Waals surface area (Å²) < 4.78 is 0. The maximum absolute atomic E-state index is 8.53. The summed E-state index contributed by atoms with van der Waals surface area (Å²) in [6, 6.07) is 4.57. The maximum atomic E-state index is 8.53. The fourth-order valence-corrected chi connectivity index (χ4v) is 2.30. The monoisotopic (exact) mass is 242 g/mol. The van der Waals surface area contributed by atoms with Gasteiger partial charge in [-0.2, -0.15) is 10.5 Å². The predicted octanol–water partition coefficient (Wildman–Crippen LogP) is 4.51. The van der Waals surface area contributed by atoms with E-state index in [0.29, 0.717) is 11.8 Å². The molecule has 0 heterocycles. The Labute approximate surface area is 111 Å². The van der Waals surface area contributed by atoms with Crippen LogP contribution in [0.4, 0.5) is 0 Å². The topological polar surface area (TPSA) is 47.6 Å². The van der Waals surface area contributed by atoms with E-state index in [0.717, 1.165) is 38.5 Å². The number of rotatable bonds is 0. The van der Waals surface area contributed by atoms with Crippen molar-refractivity contribution in [2.45, 2.75) is 52.4 Å². The molecule has 2 aliphatic rings. The van der Waals surface area contributed by atoms with E-state index in [-0.39, 0.29) is 0 Å². The minimum atomic E-state index is 0.300. The van der Waals surface area contributed by atoms with Crippen LogP contribution in [0.1, 0.15) is 52.4 Å². The molecule has 2 rings (SSSR count). The molecule has 0 radical (unpaired) electrons. The molecule has 0 aromatic carbocycles. The van der Waals surface area contributed by atoms with Crippen molar-refractivity contribution in [1.29, 1.82) is 10.5 Å². The molecule has 96 valence electrons. The van der Waals surface area contributed by atoms with E-state index < -0.39 is 0 Å². The Morgan fingerprint density at radius 3 is 2.17 bits per heavy atom. The largest absolute Gasteiger partial charge is 0.198 e. The minimum absolute atomic E-state index is 0.300. The Morgan fingerprint density at radius 1 is 1.00 bits per heavy atom. The van der Waals surface area contributed by atoms with Crippen LogP contribution >= 0.6 is 0 Å². The lowest BCUT2D eigenvalue weighted by atomic mass is 9.91. The van der Waals surface area contributed by atoms with Crippen molar-refractivity contribution in [1.82, 2.24) is 0 Å². The van der Waals surface area contributed by atoms with Gasteiger partial charge in [0.15, 0.2) is 0 Å². The van der Waals surface area contributed by atoms with Crippen LogP contribution < -0.4 is 0 Å². The normalized spacial score (nSPS) is 26.7. The van der Waals surface area contributed by atoms with Crippen LogP contribution in [0.3, 0.4) is 0 Å². The van der Waals surface area contributed by atoms with Gasteiger partial charge in [0.2, 0.25) is 0 Å². The van der Waals surface area contributed by atoms with Crippen LogP contribution in [-0.4, -0.2) is 0 Å². The number of hydrogen-bond acceptors (Lipinski definition) is 2. The van der Waals surface area contributed by atoms with E-state index in [1.54, 1.807) is 0 Å². The van der Waals surface area contributed by atoms with E-state index in [1.165, 1.54) is 11.1 Å². The second kappa shape index (κ2) is 7.72. The van der Waals surface area contributed by atoms with Crippen molar-refractivity contribution >= 4 is 0 Å². The van der Waals surface area contributed by atoms with Crippen molar-refractivity contribution in [3.8, 4) is 12.1 Å². The van der Waals surface area contributed by atoms with Crippen molar-refractivity contribution in [2.24, 2.45) is 11.8 Å². The molecular weight excluding hydrogens is 220 g/mol. The highest BCUT2D eigenvalue weighted by molar-refractivity contribution is 5.07. The molecule has 0 fully saturated rings. The average molecular weight is 242 g/mol. The van der Waals surface area contributed by atoms with Crippen LogP contribution in [0.25, 0.3) is 0 Å². The highest BCUT2D eigenvalue weighted by Crippen LogP contribution is 2.22. The van der Waals surface area contributed by atoms with Crippen molar-refractivity contribution in [3.05, 3.63) is 23.3 Å². The summed E-state index contributed by atoms with van der Waals surface area (Å²) in [5.41, 5.74) is 2.83. The van der Waals surface area contributed by atoms with E-state index in [9.17, 15) is 0 Å². The number of allylic oxidation sites excluding steroid dienone is 4. The molecule has 0 spiro atoms. The molecule has 2 unspecified atom stereocenters. The molecule has 0 aliphatic heterocycles. The van der Waals surface area contributed by atoms with Gasteiger partial charge in [0.05, 0.1) is 24.0 Å². The third-order valence-corrected chi connectivity index (χ3v) is 3.58. The Bertz CT molecular complexity index is 404. The average Bonchev–Trinajstić information content (AvgIpc) is 2.40. The van der Waals surface area contributed by atoms with Gasteiger partial charge in [-0.15, -0.1) is 0 Å². The Morgan fingerprint density at radius 2 is 1.72 bits per heavy atom. The maximum Gasteiger partial charge on any atom is 0.0659 e. The predicted molar refractivity (Wildman–Crippen MR) is 73.4 cm³/mol. The van der Waals surface area contributed by atoms with Gasteiger partial charge in [-0.3, -0.25) is 0 Å². The van der Waals surface area contributed by atoms with Crippen molar-refractivity contribution in [3.63, 3.8) is 0 Å². The number of nitriles is 2. The Balaban J connectivity index is 0.000000180. The zero-order valence-electron chi connectivity index (χ0n) is 11.4. The first-order valence-electron chi connectivity index (χ1n) is 6.76. The fourth-order valence-electron chi connectivity index (χ4n) is 2.30. The Hall–Kier alpha value is -1.54. The zero-order valence-corrected chi connectivity index (χ0v) is 11.4. The van der Waals surface area contributed by atoms with E-state index >= 15 is 0 Å². The van der Waals surface area contributed by atoms with Crippen LogP contribution in [-0.2, 0) is 0 Å². The Kier molecular flexibility index (Phi) is 6.23. The first-order valence-corrected chi connectivity index (χ1v) is 6.76. The van der Waals surface area contributed by atoms with Gasteiger partial charge >= 0.3 is 0 Å². The standard InChI is InChI=1S/2C8H11N/c1-7-2-4-8(6-9)5-3-7;1-7-3-2-4-8(5-7)6-9/h2,8H,3-5H2,1H3;3,8H,2,4-5H2,1H3. The molecule has 2 atom stereocenters. The SMILES string of the molecule is CC1=CCC(C#N)CC1.CC1=CCCC(C#N)C1. The lowest BCUT2D eigenvalue weighted by Crippen LogP contribution is -2.01. The van der Waals surface area contributed by atoms with Gasteiger partial charge in [-0.1, -0.05) is 23.3 Å². The molecule has 0 amide bonds. The van der Waals surface area contributed by atoms with Crippen molar-refractivity contribution < 1.29 is 0 Å². The molecular formula is C16H22N2. The molecule has 2 nitrogen and oxygen atoms in total. The highest BCUT2D eigenvalue weighted by atomic mass is 14.3. The van der Waals surface area contributed by atoms with Gasteiger partial charge in [0.1, 0.15) is 0 Å². The molecule has 0 N–H and O–H groups in total. The van der Waals surface area contributed by atoms with Crippen molar-refractivity contribution in [2.75, 3.05) is 0 Å². The second-order valence-electron chi connectivity index (χ2n) is 5.31. The minimum Gasteiger partial charge on any atom is -0.198 e. The number of hydrogen-bond donors (Lipinski definition) is 0. The number of nitrogens with zero attached hydrogens (tertiary/aromatic N) is 2. The summed E-state index contributed by atoms with van der Waals surface area (Å²) in [5.74, 6) is 0.601. The smallest absolute Gasteiger partial charge is 0.0659 e. The summed E-state index contributed by atoms with van der Waals surface area (Å²) >= 11 is 0. The molecule has 0 bridgehead atoms. The first-order chi connectivity index (χ1) is 8.65. The summed E-state index contributed by atoms with van der Waals surface area (Å²) in [7, 11) is 0. The van der Waals surface area contributed by atoms with Crippen LogP contribution in [0.15, 0.2) is 23.3 Å². The first kappa shape index (κ1) is 14.5. The van der Waals surface area contributed by atoms with Gasteiger partial charge < -0.3 is 0 Å². The molecule has 2 heteroatoms. The molecule has 0 saturated heterocycles. The summed E-state index contributed by atoms with van der Waals surface area (Å²) in [4.78, 5) is 0. The highest BCUT2D eigenvalue weighted by Gasteiger charge is 2.11. The van der Waals surface area contributed by atoms with Gasteiger partial charge in [-0.25, -0.2) is 0 Å². The quantitative estimate of drug-likeness (QED) is 0.587. The third-order valence-electron chi connectivity index (χ3n) is 3.58. The lowest BCUT2D eigenvalue weighted by molar-refractivity contribution is 0.575. The molecule has 18 heavy (non-hydrogen) atoms. The molecule has 0 aromatic heterocycles. The van der Waals surface area contributed by atoms with Crippen LogP contribution in [0.2, 0.25) is 0 Å². The van der Waals surface area contributed by atoms with E-state index in [4.69, 9.17) is 10.5 Å². The second-order valence-corrected chi connectivity index (χ2v) is 5.31. The van der Waals surface area contributed by atoms with Crippen LogP contribution in [0, 0.1) is 34.5 Å².